The maximum absolute atomic E-state index is 11.7. The predicted octanol–water partition coefficient (Wildman–Crippen LogP) is 4.28. The van der Waals surface area contributed by atoms with Crippen molar-refractivity contribution in [3.05, 3.63) is 35.9 Å². The van der Waals surface area contributed by atoms with Gasteiger partial charge in [0.05, 0.1) is 12.2 Å². The second-order valence-corrected chi connectivity index (χ2v) is 6.30. The fraction of sp³-hybridized carbons (Fsp3) is 0.632. The third kappa shape index (κ3) is 5.80. The van der Waals surface area contributed by atoms with E-state index < -0.39 is 0 Å². The molecular formula is C19H29NO2. The van der Waals surface area contributed by atoms with Gasteiger partial charge in [-0.3, -0.25) is 0 Å². The average Bonchev–Trinajstić information content (AvgIpc) is 2.56. The average molecular weight is 303 g/mol. The first-order valence-electron chi connectivity index (χ1n) is 8.73. The van der Waals surface area contributed by atoms with E-state index in [0.29, 0.717) is 12.2 Å². The largest absolute Gasteiger partial charge is 0.462 e. The quantitative estimate of drug-likeness (QED) is 0.530. The SMILES string of the molecule is C[C@@H]1CCCCN1CCCCCCOC(=O)c1ccccc1. The molecule has 1 aliphatic rings. The predicted molar refractivity (Wildman–Crippen MR) is 90.1 cm³/mol. The van der Waals surface area contributed by atoms with Crippen LogP contribution in [-0.4, -0.2) is 36.6 Å². The minimum absolute atomic E-state index is 0.206. The number of esters is 1. The number of benzene rings is 1. The summed E-state index contributed by atoms with van der Waals surface area (Å²) in [5, 5.41) is 0. The molecule has 0 radical (unpaired) electrons. The van der Waals surface area contributed by atoms with Crippen LogP contribution in [0.15, 0.2) is 30.3 Å². The van der Waals surface area contributed by atoms with Gasteiger partial charge in [-0.05, 0) is 57.8 Å². The van der Waals surface area contributed by atoms with Gasteiger partial charge in [0.1, 0.15) is 0 Å². The molecule has 3 nitrogen and oxygen atoms in total. The number of hydrogen-bond acceptors (Lipinski definition) is 3. The van der Waals surface area contributed by atoms with Gasteiger partial charge in [0.25, 0.3) is 0 Å². The van der Waals surface area contributed by atoms with Crippen molar-refractivity contribution in [2.24, 2.45) is 0 Å². The maximum Gasteiger partial charge on any atom is 0.338 e. The molecule has 1 saturated heterocycles. The van der Waals surface area contributed by atoms with Gasteiger partial charge in [-0.25, -0.2) is 4.79 Å². The van der Waals surface area contributed by atoms with Crippen molar-refractivity contribution in [2.75, 3.05) is 19.7 Å². The minimum atomic E-state index is -0.206. The van der Waals surface area contributed by atoms with Crippen LogP contribution in [0.2, 0.25) is 0 Å². The van der Waals surface area contributed by atoms with Gasteiger partial charge < -0.3 is 9.64 Å². The lowest BCUT2D eigenvalue weighted by molar-refractivity contribution is 0.0497. The summed E-state index contributed by atoms with van der Waals surface area (Å²) in [5.41, 5.74) is 0.640. The molecule has 1 aliphatic heterocycles. The Morgan fingerprint density at radius 2 is 1.91 bits per heavy atom. The topological polar surface area (TPSA) is 29.5 Å². The third-order valence-corrected chi connectivity index (χ3v) is 4.52. The molecular weight excluding hydrogens is 274 g/mol. The number of likely N-dealkylation sites (tertiary alicyclic amines) is 1. The highest BCUT2D eigenvalue weighted by molar-refractivity contribution is 5.89. The van der Waals surface area contributed by atoms with Crippen molar-refractivity contribution in [1.82, 2.24) is 4.90 Å². The number of rotatable bonds is 8. The lowest BCUT2D eigenvalue weighted by atomic mass is 10.0. The van der Waals surface area contributed by atoms with Gasteiger partial charge in [0.15, 0.2) is 0 Å². The molecule has 1 aromatic rings. The van der Waals surface area contributed by atoms with E-state index in [-0.39, 0.29) is 5.97 Å². The number of carbonyl (C=O) groups excluding carboxylic acids is 1. The highest BCUT2D eigenvalue weighted by atomic mass is 16.5. The van der Waals surface area contributed by atoms with Crippen molar-refractivity contribution < 1.29 is 9.53 Å². The number of hydrogen-bond donors (Lipinski definition) is 0. The number of nitrogens with zero attached hydrogens (tertiary/aromatic N) is 1. The Kier molecular flexibility index (Phi) is 7.44. The van der Waals surface area contributed by atoms with Gasteiger partial charge in [-0.2, -0.15) is 0 Å². The highest BCUT2D eigenvalue weighted by Gasteiger charge is 2.16. The molecule has 1 aromatic carbocycles. The molecule has 0 aliphatic carbocycles. The summed E-state index contributed by atoms with van der Waals surface area (Å²) >= 11 is 0. The third-order valence-electron chi connectivity index (χ3n) is 4.52. The Morgan fingerprint density at radius 1 is 1.14 bits per heavy atom. The maximum atomic E-state index is 11.7. The molecule has 1 fully saturated rings. The molecule has 0 bridgehead atoms. The van der Waals surface area contributed by atoms with Crippen molar-refractivity contribution in [3.8, 4) is 0 Å². The standard InChI is InChI=1S/C19H29NO2/c1-17-11-7-9-15-20(17)14-8-2-3-10-16-22-19(21)18-12-5-4-6-13-18/h4-6,12-13,17H,2-3,7-11,14-16H2,1H3/t17-/m1/s1. The first-order chi connectivity index (χ1) is 10.8. The summed E-state index contributed by atoms with van der Waals surface area (Å²) in [5.74, 6) is -0.206. The Balaban J connectivity index is 1.48. The molecule has 0 unspecified atom stereocenters. The zero-order valence-electron chi connectivity index (χ0n) is 13.8. The lowest BCUT2D eigenvalue weighted by Crippen LogP contribution is -2.37. The Bertz CT molecular complexity index is 432. The van der Waals surface area contributed by atoms with Gasteiger partial charge in [0, 0.05) is 6.04 Å². The lowest BCUT2D eigenvalue weighted by Gasteiger charge is -2.33. The molecule has 0 spiro atoms. The van der Waals surface area contributed by atoms with Crippen LogP contribution in [0.4, 0.5) is 0 Å². The summed E-state index contributed by atoms with van der Waals surface area (Å²) in [4.78, 5) is 14.4. The molecule has 3 heteroatoms. The molecule has 122 valence electrons. The van der Waals surface area contributed by atoms with E-state index in [1.54, 1.807) is 12.1 Å². The first-order valence-corrected chi connectivity index (χ1v) is 8.73. The summed E-state index contributed by atoms with van der Waals surface area (Å²) < 4.78 is 5.29. The molecule has 1 heterocycles. The monoisotopic (exact) mass is 303 g/mol. The summed E-state index contributed by atoms with van der Waals surface area (Å²) in [7, 11) is 0. The molecule has 0 aromatic heterocycles. The van der Waals surface area contributed by atoms with Gasteiger partial charge >= 0.3 is 5.97 Å². The fourth-order valence-electron chi connectivity index (χ4n) is 3.08. The zero-order chi connectivity index (χ0) is 15.6. The number of ether oxygens (including phenoxy) is 1. The van der Waals surface area contributed by atoms with Crippen molar-refractivity contribution in [1.29, 1.82) is 0 Å². The number of piperidine rings is 1. The van der Waals surface area contributed by atoms with E-state index >= 15 is 0 Å². The van der Waals surface area contributed by atoms with E-state index in [0.717, 1.165) is 18.9 Å². The highest BCUT2D eigenvalue weighted by Crippen LogP contribution is 2.17. The van der Waals surface area contributed by atoms with Crippen molar-refractivity contribution >= 4 is 5.97 Å². The van der Waals surface area contributed by atoms with Crippen LogP contribution < -0.4 is 0 Å². The van der Waals surface area contributed by atoms with Crippen LogP contribution in [0.1, 0.15) is 62.2 Å². The summed E-state index contributed by atoms with van der Waals surface area (Å²) in [6.45, 7) is 5.39. The molecule has 0 amide bonds. The van der Waals surface area contributed by atoms with E-state index in [2.05, 4.69) is 11.8 Å². The zero-order valence-corrected chi connectivity index (χ0v) is 13.8. The van der Waals surface area contributed by atoms with Crippen LogP contribution >= 0.6 is 0 Å². The Labute approximate surface area is 134 Å². The summed E-state index contributed by atoms with van der Waals surface area (Å²) in [6, 6.07) is 9.97. The van der Waals surface area contributed by atoms with E-state index in [1.165, 1.54) is 45.2 Å². The van der Waals surface area contributed by atoms with Crippen LogP contribution in [0.25, 0.3) is 0 Å². The van der Waals surface area contributed by atoms with E-state index in [4.69, 9.17) is 4.74 Å². The fourth-order valence-corrected chi connectivity index (χ4v) is 3.08. The number of carbonyl (C=O) groups is 1. The number of unbranched alkanes of at least 4 members (excludes halogenated alkanes) is 3. The second-order valence-electron chi connectivity index (χ2n) is 6.30. The molecule has 22 heavy (non-hydrogen) atoms. The first kappa shape index (κ1) is 17.0. The molecule has 0 saturated carbocycles. The van der Waals surface area contributed by atoms with Crippen LogP contribution in [0.3, 0.4) is 0 Å². The molecule has 1 atom stereocenters. The Hall–Kier alpha value is -1.35. The molecule has 2 rings (SSSR count). The summed E-state index contributed by atoms with van der Waals surface area (Å²) in [6.07, 6.45) is 8.71. The van der Waals surface area contributed by atoms with E-state index in [9.17, 15) is 4.79 Å². The normalized spacial score (nSPS) is 19.0. The second kappa shape index (κ2) is 9.62. The van der Waals surface area contributed by atoms with Gasteiger partial charge in [-0.15, -0.1) is 0 Å². The van der Waals surface area contributed by atoms with Crippen LogP contribution in [-0.2, 0) is 4.74 Å². The Morgan fingerprint density at radius 3 is 2.68 bits per heavy atom. The van der Waals surface area contributed by atoms with Crippen molar-refractivity contribution in [3.63, 3.8) is 0 Å². The van der Waals surface area contributed by atoms with Crippen LogP contribution in [0, 0.1) is 0 Å². The minimum Gasteiger partial charge on any atom is -0.462 e. The van der Waals surface area contributed by atoms with Crippen LogP contribution in [0.5, 0.6) is 0 Å². The van der Waals surface area contributed by atoms with Gasteiger partial charge in [-0.1, -0.05) is 37.5 Å². The van der Waals surface area contributed by atoms with Crippen molar-refractivity contribution in [2.45, 2.75) is 57.9 Å². The van der Waals surface area contributed by atoms with E-state index in [1.807, 2.05) is 18.2 Å². The molecule has 0 N–H and O–H groups in total. The van der Waals surface area contributed by atoms with Gasteiger partial charge in [0.2, 0.25) is 0 Å². The smallest absolute Gasteiger partial charge is 0.338 e.